The van der Waals surface area contributed by atoms with Gasteiger partial charge in [0.2, 0.25) is 0 Å². The Morgan fingerprint density at radius 3 is 2.38 bits per heavy atom. The lowest BCUT2D eigenvalue weighted by molar-refractivity contribution is -0.162. The Hall–Kier alpha value is -1.07. The molecule has 6 fully saturated rings. The van der Waals surface area contributed by atoms with Crippen molar-refractivity contribution >= 4 is 22.0 Å². The van der Waals surface area contributed by atoms with Crippen LogP contribution < -0.4 is 5.32 Å². The van der Waals surface area contributed by atoms with Gasteiger partial charge in [0.1, 0.15) is 0 Å². The smallest absolute Gasteiger partial charge is 0.318 e. The summed E-state index contributed by atoms with van der Waals surface area (Å²) in [7, 11) is 0. The quantitative estimate of drug-likeness (QED) is 0.686. The van der Waals surface area contributed by atoms with E-state index in [0.29, 0.717) is 36.1 Å². The minimum absolute atomic E-state index is 0.111. The molecule has 0 spiro atoms. The van der Waals surface area contributed by atoms with Crippen LogP contribution in [0, 0.1) is 29.6 Å². The van der Waals surface area contributed by atoms with Gasteiger partial charge in [-0.25, -0.2) is 4.79 Å². The van der Waals surface area contributed by atoms with Gasteiger partial charge in [0.05, 0.1) is 17.2 Å². The van der Waals surface area contributed by atoms with Crippen molar-refractivity contribution in [3.63, 3.8) is 0 Å². The molecule has 5 heteroatoms. The van der Waals surface area contributed by atoms with Crippen LogP contribution in [0.1, 0.15) is 57.4 Å². The predicted molar refractivity (Wildman–Crippen MR) is 115 cm³/mol. The number of carbonyl (C=O) groups is 1. The second kappa shape index (κ2) is 6.23. The van der Waals surface area contributed by atoms with Gasteiger partial charge < -0.3 is 15.3 Å². The van der Waals surface area contributed by atoms with Crippen LogP contribution in [0.25, 0.3) is 0 Å². The molecule has 0 aromatic heterocycles. The van der Waals surface area contributed by atoms with Gasteiger partial charge in [-0.1, -0.05) is 28.1 Å². The van der Waals surface area contributed by atoms with Gasteiger partial charge in [-0.3, -0.25) is 0 Å². The third-order valence-corrected chi connectivity index (χ3v) is 9.62. The number of aliphatic hydroxyl groups is 1. The van der Waals surface area contributed by atoms with Gasteiger partial charge in [0, 0.05) is 11.0 Å². The zero-order valence-corrected chi connectivity index (χ0v) is 18.7. The summed E-state index contributed by atoms with van der Waals surface area (Å²) in [6.07, 6.45) is 7.88. The van der Waals surface area contributed by atoms with Gasteiger partial charge in [0.25, 0.3) is 0 Å². The van der Waals surface area contributed by atoms with Crippen LogP contribution in [0.4, 0.5) is 4.79 Å². The standard InChI is InChI=1S/C24H31BrN2O2/c1-23(18-4-5-18)21(20-16-8-15-9-17(20)12-24(29,10-15)11-16)26-22(28)27(23)13-14-2-6-19(25)7-3-14/h2-3,6-7,15-18,20-21,29H,4-5,8-13H2,1H3,(H,26,28)/t15?,16?,17?,20?,21?,23-,24?/m1/s1. The van der Waals surface area contributed by atoms with Crippen LogP contribution in [0.3, 0.4) is 0 Å². The topological polar surface area (TPSA) is 52.6 Å². The predicted octanol–water partition coefficient (Wildman–Crippen LogP) is 4.70. The molecule has 4 atom stereocenters. The number of hydrogen-bond donors (Lipinski definition) is 2. The second-order valence-electron chi connectivity index (χ2n) is 10.9. The first-order valence-corrected chi connectivity index (χ1v) is 12.2. The summed E-state index contributed by atoms with van der Waals surface area (Å²) in [4.78, 5) is 15.4. The van der Waals surface area contributed by atoms with Crippen LogP contribution in [-0.4, -0.2) is 33.2 Å². The van der Waals surface area contributed by atoms with E-state index < -0.39 is 5.60 Å². The van der Waals surface area contributed by atoms with Crippen molar-refractivity contribution in [2.24, 2.45) is 29.6 Å². The lowest BCUT2D eigenvalue weighted by Gasteiger charge is -2.60. The fourth-order valence-corrected chi connectivity index (χ4v) is 8.22. The van der Waals surface area contributed by atoms with Crippen molar-refractivity contribution in [1.82, 2.24) is 10.2 Å². The SMILES string of the molecule is C[C@@]1(C2CC2)C(C2C3CC4CC2CC(O)(C4)C3)NC(=O)N1Cc1ccc(Br)cc1. The number of rotatable bonds is 4. The highest BCUT2D eigenvalue weighted by atomic mass is 79.9. The number of halogens is 1. The Morgan fingerprint density at radius 1 is 1.14 bits per heavy atom. The molecular formula is C24H31BrN2O2. The zero-order chi connectivity index (χ0) is 20.0. The summed E-state index contributed by atoms with van der Waals surface area (Å²) >= 11 is 3.51. The highest BCUT2D eigenvalue weighted by Gasteiger charge is 2.64. The van der Waals surface area contributed by atoms with E-state index in [0.717, 1.165) is 23.7 Å². The Morgan fingerprint density at radius 2 is 1.79 bits per heavy atom. The van der Waals surface area contributed by atoms with Gasteiger partial charge in [-0.05, 0) is 99.2 Å². The lowest BCUT2D eigenvalue weighted by Crippen LogP contribution is -2.63. The van der Waals surface area contributed by atoms with Crippen LogP contribution in [0.5, 0.6) is 0 Å². The largest absolute Gasteiger partial charge is 0.390 e. The molecule has 4 nitrogen and oxygen atoms in total. The Kier molecular flexibility index (Phi) is 4.01. The van der Waals surface area contributed by atoms with Crippen molar-refractivity contribution < 1.29 is 9.90 Å². The molecule has 29 heavy (non-hydrogen) atoms. The molecule has 156 valence electrons. The number of amides is 2. The summed E-state index contributed by atoms with van der Waals surface area (Å²) in [5.41, 5.74) is 0.658. The highest BCUT2D eigenvalue weighted by Crippen LogP contribution is 2.62. The van der Waals surface area contributed by atoms with Crippen LogP contribution in [0.2, 0.25) is 0 Å². The third kappa shape index (κ3) is 2.83. The van der Waals surface area contributed by atoms with Crippen LogP contribution >= 0.6 is 15.9 Å². The van der Waals surface area contributed by atoms with E-state index in [4.69, 9.17) is 0 Å². The molecule has 1 aromatic carbocycles. The first kappa shape index (κ1) is 18.7. The maximum absolute atomic E-state index is 13.3. The summed E-state index contributed by atoms with van der Waals surface area (Å²) in [6.45, 7) is 3.03. The van der Waals surface area contributed by atoms with Crippen molar-refractivity contribution in [2.45, 2.75) is 75.6 Å². The van der Waals surface area contributed by atoms with Crippen molar-refractivity contribution in [1.29, 1.82) is 0 Å². The molecule has 4 bridgehead atoms. The van der Waals surface area contributed by atoms with Gasteiger partial charge >= 0.3 is 6.03 Å². The minimum atomic E-state index is -0.414. The molecule has 2 amide bonds. The molecule has 5 aliphatic carbocycles. The molecule has 1 aliphatic heterocycles. The number of carbonyl (C=O) groups excluding carboxylic acids is 1. The third-order valence-electron chi connectivity index (χ3n) is 9.09. The zero-order valence-electron chi connectivity index (χ0n) is 17.1. The first-order valence-electron chi connectivity index (χ1n) is 11.4. The molecule has 1 heterocycles. The Balaban J connectivity index is 1.32. The average molecular weight is 459 g/mol. The molecule has 1 saturated heterocycles. The maximum Gasteiger partial charge on any atom is 0.318 e. The summed E-state index contributed by atoms with van der Waals surface area (Å²) < 4.78 is 1.07. The molecular weight excluding hydrogens is 428 g/mol. The van der Waals surface area contributed by atoms with Crippen molar-refractivity contribution in [3.8, 4) is 0 Å². The van der Waals surface area contributed by atoms with Gasteiger partial charge in [-0.15, -0.1) is 0 Å². The average Bonchev–Trinajstić information content (AvgIpc) is 3.46. The van der Waals surface area contributed by atoms with Crippen LogP contribution in [-0.2, 0) is 6.54 Å². The summed E-state index contributed by atoms with van der Waals surface area (Å²) in [6, 6.07) is 8.70. The fourth-order valence-electron chi connectivity index (χ4n) is 7.95. The first-order chi connectivity index (χ1) is 13.9. The molecule has 5 saturated carbocycles. The number of nitrogens with zero attached hydrogens (tertiary/aromatic N) is 1. The molecule has 2 N–H and O–H groups in total. The summed E-state index contributed by atoms with van der Waals surface area (Å²) in [5, 5.41) is 14.5. The molecule has 0 radical (unpaired) electrons. The van der Waals surface area contributed by atoms with E-state index in [-0.39, 0.29) is 17.6 Å². The van der Waals surface area contributed by atoms with E-state index in [1.165, 1.54) is 31.2 Å². The van der Waals surface area contributed by atoms with E-state index in [9.17, 15) is 9.90 Å². The molecule has 7 rings (SSSR count). The minimum Gasteiger partial charge on any atom is -0.390 e. The van der Waals surface area contributed by atoms with Crippen molar-refractivity contribution in [2.75, 3.05) is 0 Å². The maximum atomic E-state index is 13.3. The van der Waals surface area contributed by atoms with Gasteiger partial charge in [-0.2, -0.15) is 0 Å². The fraction of sp³-hybridized carbons (Fsp3) is 0.708. The Bertz CT molecular complexity index is 822. The molecule has 1 aromatic rings. The van der Waals surface area contributed by atoms with Crippen LogP contribution in [0.15, 0.2) is 28.7 Å². The molecule has 6 aliphatic rings. The molecule has 3 unspecified atom stereocenters. The van der Waals surface area contributed by atoms with E-state index in [2.05, 4.69) is 57.3 Å². The summed E-state index contributed by atoms with van der Waals surface area (Å²) in [5.74, 6) is 2.97. The lowest BCUT2D eigenvalue weighted by atomic mass is 9.47. The van der Waals surface area contributed by atoms with Crippen molar-refractivity contribution in [3.05, 3.63) is 34.3 Å². The van der Waals surface area contributed by atoms with Gasteiger partial charge in [0.15, 0.2) is 0 Å². The van der Waals surface area contributed by atoms with E-state index in [1.54, 1.807) is 0 Å². The Labute approximate surface area is 181 Å². The normalized spacial score (nSPS) is 45.7. The number of urea groups is 1. The van der Waals surface area contributed by atoms with E-state index in [1.807, 2.05) is 0 Å². The number of nitrogens with one attached hydrogen (secondary N) is 1. The van der Waals surface area contributed by atoms with E-state index >= 15 is 0 Å². The number of benzene rings is 1. The second-order valence-corrected chi connectivity index (χ2v) is 11.8. The monoisotopic (exact) mass is 458 g/mol. The number of hydrogen-bond acceptors (Lipinski definition) is 2. The highest BCUT2D eigenvalue weighted by molar-refractivity contribution is 9.10.